The van der Waals surface area contributed by atoms with Crippen LogP contribution in [0.15, 0.2) is 12.1 Å². The zero-order chi connectivity index (χ0) is 23.1. The predicted octanol–water partition coefficient (Wildman–Crippen LogP) is 2.67. The molecule has 1 aromatic carbocycles. The van der Waals surface area contributed by atoms with Crippen molar-refractivity contribution in [3.63, 3.8) is 0 Å². The molecule has 168 valence electrons. The summed E-state index contributed by atoms with van der Waals surface area (Å²) in [5.41, 5.74) is 0.356. The lowest BCUT2D eigenvalue weighted by Gasteiger charge is -2.30. The van der Waals surface area contributed by atoms with Crippen molar-refractivity contribution in [2.75, 3.05) is 20.6 Å². The van der Waals surface area contributed by atoms with E-state index in [-0.39, 0.29) is 17.2 Å². The molecule has 0 aliphatic carbocycles. The van der Waals surface area contributed by atoms with Gasteiger partial charge < -0.3 is 15.5 Å². The van der Waals surface area contributed by atoms with Gasteiger partial charge in [0.25, 0.3) is 0 Å². The monoisotopic (exact) mass is 437 g/mol. The Bertz CT molecular complexity index is 1030. The molecular weight excluding hydrogens is 411 g/mol. The van der Waals surface area contributed by atoms with Crippen LogP contribution in [-0.4, -0.2) is 53.3 Å². The molecule has 1 atom stereocenters. The number of halogens is 3. The third-order valence-corrected chi connectivity index (χ3v) is 5.35. The second-order valence-electron chi connectivity index (χ2n) is 8.78. The first-order valence-corrected chi connectivity index (χ1v) is 9.90. The molecule has 0 saturated carbocycles. The summed E-state index contributed by atoms with van der Waals surface area (Å²) in [6.07, 6.45) is 0.442. The lowest BCUT2D eigenvalue weighted by molar-refractivity contribution is -0.124. The van der Waals surface area contributed by atoms with E-state index >= 15 is 0 Å². The minimum Gasteiger partial charge on any atom is -0.357 e. The first-order valence-electron chi connectivity index (χ1n) is 9.90. The quantitative estimate of drug-likeness (QED) is 0.724. The maximum absolute atomic E-state index is 14.5. The van der Waals surface area contributed by atoms with Gasteiger partial charge in [0, 0.05) is 43.8 Å². The van der Waals surface area contributed by atoms with Crippen LogP contribution in [0.25, 0.3) is 11.3 Å². The van der Waals surface area contributed by atoms with Crippen LogP contribution in [0.5, 0.6) is 0 Å². The van der Waals surface area contributed by atoms with Gasteiger partial charge >= 0.3 is 6.03 Å². The lowest BCUT2D eigenvalue weighted by atomic mass is 9.86. The molecule has 0 fully saturated rings. The molecule has 0 radical (unpaired) electrons. The Morgan fingerprint density at radius 3 is 2.39 bits per heavy atom. The smallest absolute Gasteiger partial charge is 0.343 e. The lowest BCUT2D eigenvalue weighted by Crippen LogP contribution is -2.54. The van der Waals surface area contributed by atoms with Crippen LogP contribution in [0.2, 0.25) is 0 Å². The average Bonchev–Trinajstić information content (AvgIpc) is 3.05. The number of amides is 2. The third kappa shape index (κ3) is 4.43. The molecule has 2 aromatic rings. The van der Waals surface area contributed by atoms with E-state index in [0.29, 0.717) is 36.8 Å². The number of benzene rings is 1. The van der Waals surface area contributed by atoms with Crippen LogP contribution >= 0.6 is 0 Å². The molecule has 1 aliphatic rings. The summed E-state index contributed by atoms with van der Waals surface area (Å²) in [7, 11) is 3.33. The zero-order valence-corrected chi connectivity index (χ0v) is 18.1. The van der Waals surface area contributed by atoms with Gasteiger partial charge in [0.15, 0.2) is 11.6 Å². The Labute approximate surface area is 178 Å². The first-order chi connectivity index (χ1) is 14.4. The van der Waals surface area contributed by atoms with E-state index in [9.17, 15) is 22.8 Å². The van der Waals surface area contributed by atoms with E-state index in [0.717, 1.165) is 10.7 Å². The number of hydrogen-bond donors (Lipinski definition) is 2. The van der Waals surface area contributed by atoms with Crippen LogP contribution in [0.1, 0.15) is 32.0 Å². The summed E-state index contributed by atoms with van der Waals surface area (Å²) < 4.78 is 42.8. The van der Waals surface area contributed by atoms with Gasteiger partial charge in [0.2, 0.25) is 5.91 Å². The summed E-state index contributed by atoms with van der Waals surface area (Å²) in [4.78, 5) is 27.4. The molecule has 0 unspecified atom stereocenters. The number of carbonyl (C=O) groups excluding carboxylic acids is 2. The van der Waals surface area contributed by atoms with Crippen molar-refractivity contribution < 1.29 is 22.8 Å². The Morgan fingerprint density at radius 1 is 1.13 bits per heavy atom. The molecule has 2 heterocycles. The Balaban J connectivity index is 2.08. The highest BCUT2D eigenvalue weighted by Crippen LogP contribution is 2.32. The van der Waals surface area contributed by atoms with Crippen LogP contribution < -0.4 is 10.6 Å². The van der Waals surface area contributed by atoms with Crippen molar-refractivity contribution in [2.24, 2.45) is 5.41 Å². The number of nitrogens with one attached hydrogen (secondary N) is 2. The minimum absolute atomic E-state index is 0.0698. The van der Waals surface area contributed by atoms with Gasteiger partial charge in [-0.3, -0.25) is 4.79 Å². The van der Waals surface area contributed by atoms with E-state index in [1.165, 1.54) is 7.05 Å². The molecule has 7 nitrogen and oxygen atoms in total. The van der Waals surface area contributed by atoms with E-state index in [1.54, 1.807) is 0 Å². The molecule has 2 amide bonds. The number of nitrogens with zero attached hydrogens (tertiary/aromatic N) is 3. The van der Waals surface area contributed by atoms with Crippen molar-refractivity contribution in [1.29, 1.82) is 0 Å². The average molecular weight is 437 g/mol. The Morgan fingerprint density at radius 2 is 1.77 bits per heavy atom. The van der Waals surface area contributed by atoms with E-state index in [1.807, 2.05) is 32.7 Å². The largest absolute Gasteiger partial charge is 0.357 e. The fraction of sp³-hybridized carbons (Fsp3) is 0.476. The van der Waals surface area contributed by atoms with Gasteiger partial charge in [-0.05, 0) is 18.5 Å². The molecule has 3 rings (SSSR count). The molecule has 0 spiro atoms. The fourth-order valence-corrected chi connectivity index (χ4v) is 3.65. The van der Waals surface area contributed by atoms with Crippen molar-refractivity contribution in [2.45, 2.75) is 39.8 Å². The van der Waals surface area contributed by atoms with Gasteiger partial charge in [0.1, 0.15) is 17.6 Å². The Kier molecular flexibility index (Phi) is 6.13. The van der Waals surface area contributed by atoms with Crippen molar-refractivity contribution in [3.05, 3.63) is 40.8 Å². The molecular formula is C21H26F3N5O2. The molecule has 1 aliphatic heterocycles. The maximum Gasteiger partial charge on any atom is 0.343 e. The standard InChI is InChI=1S/C21H26F3N5O2/c1-21(2,3)18(19(30)25-4)26-20(31)29-16-6-7-28(5)10-12(16)17(27-29)11-8-14(23)15(24)9-13(11)22/h8-9,18H,6-7,10H2,1-5H3,(H,25,30)(H,26,31)/t18-/m1/s1. The van der Waals surface area contributed by atoms with Crippen molar-refractivity contribution >= 4 is 11.9 Å². The SMILES string of the molecule is CNC(=O)[C@@H](NC(=O)n1nc(-c2cc(F)c(F)cc2F)c2c1CCN(C)C2)C(C)(C)C. The van der Waals surface area contributed by atoms with Gasteiger partial charge in [-0.1, -0.05) is 20.8 Å². The fourth-order valence-electron chi connectivity index (χ4n) is 3.65. The number of hydrogen-bond acceptors (Lipinski definition) is 4. The topological polar surface area (TPSA) is 79.3 Å². The number of rotatable bonds is 3. The van der Waals surface area contributed by atoms with Crippen LogP contribution in [0.4, 0.5) is 18.0 Å². The van der Waals surface area contributed by atoms with Gasteiger partial charge in [-0.2, -0.15) is 9.78 Å². The molecule has 2 N–H and O–H groups in total. The molecule has 0 bridgehead atoms. The number of carbonyl (C=O) groups is 2. The molecule has 10 heteroatoms. The normalized spacial score (nSPS) is 15.4. The molecule has 1 aromatic heterocycles. The highest BCUT2D eigenvalue weighted by atomic mass is 19.2. The predicted molar refractivity (Wildman–Crippen MR) is 109 cm³/mol. The van der Waals surface area contributed by atoms with Crippen molar-refractivity contribution in [1.82, 2.24) is 25.3 Å². The van der Waals surface area contributed by atoms with Crippen LogP contribution in [0.3, 0.4) is 0 Å². The van der Waals surface area contributed by atoms with Gasteiger partial charge in [-0.25, -0.2) is 18.0 Å². The summed E-state index contributed by atoms with van der Waals surface area (Å²) in [5, 5.41) is 9.49. The summed E-state index contributed by atoms with van der Waals surface area (Å²) in [5.74, 6) is -3.85. The van der Waals surface area contributed by atoms with E-state index in [2.05, 4.69) is 15.7 Å². The van der Waals surface area contributed by atoms with Crippen LogP contribution in [-0.2, 0) is 17.8 Å². The number of fused-ring (bicyclic) bond motifs is 1. The third-order valence-electron chi connectivity index (χ3n) is 5.35. The van der Waals surface area contributed by atoms with Crippen LogP contribution in [0, 0.1) is 22.9 Å². The van der Waals surface area contributed by atoms with Gasteiger partial charge in [0.05, 0.1) is 5.69 Å². The van der Waals surface area contributed by atoms with E-state index < -0.39 is 34.9 Å². The number of aromatic nitrogens is 2. The molecule has 0 saturated heterocycles. The maximum atomic E-state index is 14.5. The highest BCUT2D eigenvalue weighted by Gasteiger charge is 2.35. The summed E-state index contributed by atoms with van der Waals surface area (Å²) >= 11 is 0. The Hall–Kier alpha value is -2.88. The van der Waals surface area contributed by atoms with Crippen molar-refractivity contribution in [3.8, 4) is 11.3 Å². The number of likely N-dealkylation sites (N-methyl/N-ethyl adjacent to an activating group) is 2. The molecule has 31 heavy (non-hydrogen) atoms. The highest BCUT2D eigenvalue weighted by molar-refractivity contribution is 5.88. The first kappa shape index (κ1) is 22.8. The zero-order valence-electron chi connectivity index (χ0n) is 18.1. The summed E-state index contributed by atoms with van der Waals surface area (Å²) in [6.45, 7) is 6.41. The minimum atomic E-state index is -1.30. The second-order valence-corrected chi connectivity index (χ2v) is 8.78. The second kappa shape index (κ2) is 8.33. The van der Waals surface area contributed by atoms with Gasteiger partial charge in [-0.15, -0.1) is 0 Å². The summed E-state index contributed by atoms with van der Waals surface area (Å²) in [6, 6.07) is -0.297. The van der Waals surface area contributed by atoms with E-state index in [4.69, 9.17) is 0 Å².